The molecule has 1 aliphatic heterocycles. The Labute approximate surface area is 157 Å². The van der Waals surface area contributed by atoms with E-state index in [1.807, 2.05) is 12.1 Å². The summed E-state index contributed by atoms with van der Waals surface area (Å²) in [5.41, 5.74) is 0.966. The van der Waals surface area contributed by atoms with Crippen molar-refractivity contribution in [2.24, 2.45) is 4.99 Å². The molecule has 2 heterocycles. The third kappa shape index (κ3) is 5.55. The molecule has 2 N–H and O–H groups in total. The fourth-order valence-corrected chi connectivity index (χ4v) is 2.94. The molecule has 0 radical (unpaired) electrons. The zero-order valence-corrected chi connectivity index (χ0v) is 15.3. The molecule has 2 atom stereocenters. The number of hydrogen-bond donors (Lipinski definition) is 2. The zero-order valence-electron chi connectivity index (χ0n) is 15.3. The van der Waals surface area contributed by atoms with Crippen LogP contribution in [0.1, 0.15) is 31.1 Å². The van der Waals surface area contributed by atoms with E-state index in [0.29, 0.717) is 19.0 Å². The fourth-order valence-electron chi connectivity index (χ4n) is 2.94. The van der Waals surface area contributed by atoms with Gasteiger partial charge in [0.05, 0.1) is 36.4 Å². The zero-order chi connectivity index (χ0) is 19.1. The molecule has 1 aromatic heterocycles. The maximum absolute atomic E-state index is 10.8. The summed E-state index contributed by atoms with van der Waals surface area (Å²) in [5, 5.41) is 17.4. The van der Waals surface area contributed by atoms with E-state index in [9.17, 15) is 10.1 Å². The number of hydrogen-bond acceptors (Lipinski definition) is 5. The first-order chi connectivity index (χ1) is 13.1. The molecule has 0 spiro atoms. The Balaban J connectivity index is 1.64. The van der Waals surface area contributed by atoms with Crippen LogP contribution in [-0.2, 0) is 17.8 Å². The van der Waals surface area contributed by atoms with E-state index in [4.69, 9.17) is 9.15 Å². The van der Waals surface area contributed by atoms with Crippen molar-refractivity contribution in [3.05, 3.63) is 64.1 Å². The Bertz CT molecular complexity index is 753. The molecule has 1 aromatic carbocycles. The molecule has 8 nitrogen and oxygen atoms in total. The second-order valence-electron chi connectivity index (χ2n) is 6.51. The molecule has 0 amide bonds. The lowest BCUT2D eigenvalue weighted by molar-refractivity contribution is -0.384. The van der Waals surface area contributed by atoms with Gasteiger partial charge in [-0.2, -0.15) is 0 Å². The molecule has 1 aliphatic rings. The fraction of sp³-hybridized carbons (Fsp3) is 0.421. The maximum atomic E-state index is 10.8. The van der Waals surface area contributed by atoms with Gasteiger partial charge < -0.3 is 19.8 Å². The smallest absolute Gasteiger partial charge is 0.269 e. The van der Waals surface area contributed by atoms with E-state index in [-0.39, 0.29) is 17.8 Å². The van der Waals surface area contributed by atoms with Gasteiger partial charge in [0.2, 0.25) is 0 Å². The highest BCUT2D eigenvalue weighted by atomic mass is 16.6. The SMILES string of the molecule is CC(NC(=NCc1ccc([N+](=O)[O-])cc1)NCc1ccco1)C1CCCO1. The minimum atomic E-state index is -0.409. The normalized spacial score (nSPS) is 18.3. The summed E-state index contributed by atoms with van der Waals surface area (Å²) in [6.45, 7) is 3.79. The predicted molar refractivity (Wildman–Crippen MR) is 101 cm³/mol. The summed E-state index contributed by atoms with van der Waals surface area (Å²) in [6, 6.07) is 10.3. The number of nitrogens with one attached hydrogen (secondary N) is 2. The maximum Gasteiger partial charge on any atom is 0.269 e. The second-order valence-corrected chi connectivity index (χ2v) is 6.51. The van der Waals surface area contributed by atoms with Crippen molar-refractivity contribution in [3.8, 4) is 0 Å². The van der Waals surface area contributed by atoms with Crippen molar-refractivity contribution >= 4 is 11.6 Å². The van der Waals surface area contributed by atoms with Crippen LogP contribution in [0.4, 0.5) is 5.69 Å². The number of nitrogens with zero attached hydrogens (tertiary/aromatic N) is 2. The van der Waals surface area contributed by atoms with Crippen molar-refractivity contribution < 1.29 is 14.1 Å². The largest absolute Gasteiger partial charge is 0.467 e. The van der Waals surface area contributed by atoms with Crippen molar-refractivity contribution in [1.82, 2.24) is 10.6 Å². The van der Waals surface area contributed by atoms with Gasteiger partial charge in [0.25, 0.3) is 5.69 Å². The van der Waals surface area contributed by atoms with Crippen molar-refractivity contribution in [2.75, 3.05) is 6.61 Å². The molecule has 0 saturated carbocycles. The number of non-ortho nitro benzene ring substituents is 1. The number of ether oxygens (including phenoxy) is 1. The average molecular weight is 372 g/mol. The van der Waals surface area contributed by atoms with Gasteiger partial charge in [0.1, 0.15) is 5.76 Å². The molecular formula is C19H24N4O4. The molecule has 2 unspecified atom stereocenters. The number of guanidine groups is 1. The van der Waals surface area contributed by atoms with Gasteiger partial charge in [0, 0.05) is 18.7 Å². The Kier molecular flexibility index (Phi) is 6.43. The minimum Gasteiger partial charge on any atom is -0.467 e. The highest BCUT2D eigenvalue weighted by molar-refractivity contribution is 5.80. The van der Waals surface area contributed by atoms with Crippen LogP contribution in [0.2, 0.25) is 0 Å². The lowest BCUT2D eigenvalue weighted by Crippen LogP contribution is -2.46. The topological polar surface area (TPSA) is 102 Å². The molecule has 0 aliphatic carbocycles. The van der Waals surface area contributed by atoms with Crippen LogP contribution in [0.15, 0.2) is 52.1 Å². The molecule has 8 heteroatoms. The Hall–Kier alpha value is -2.87. The van der Waals surface area contributed by atoms with Gasteiger partial charge in [-0.1, -0.05) is 12.1 Å². The summed E-state index contributed by atoms with van der Waals surface area (Å²) in [6.07, 6.45) is 3.90. The third-order valence-corrected chi connectivity index (χ3v) is 4.46. The molecule has 2 aromatic rings. The number of rotatable bonds is 7. The summed E-state index contributed by atoms with van der Waals surface area (Å²) < 4.78 is 11.1. The van der Waals surface area contributed by atoms with Crippen LogP contribution < -0.4 is 10.6 Å². The van der Waals surface area contributed by atoms with Crippen molar-refractivity contribution in [3.63, 3.8) is 0 Å². The van der Waals surface area contributed by atoms with Crippen molar-refractivity contribution in [1.29, 1.82) is 0 Å². The van der Waals surface area contributed by atoms with Gasteiger partial charge in [0.15, 0.2) is 5.96 Å². The van der Waals surface area contributed by atoms with Gasteiger partial charge in [-0.15, -0.1) is 0 Å². The van der Waals surface area contributed by atoms with Crippen LogP contribution in [0, 0.1) is 10.1 Å². The summed E-state index contributed by atoms with van der Waals surface area (Å²) >= 11 is 0. The van der Waals surface area contributed by atoms with E-state index in [0.717, 1.165) is 30.8 Å². The van der Waals surface area contributed by atoms with E-state index < -0.39 is 4.92 Å². The highest BCUT2D eigenvalue weighted by Crippen LogP contribution is 2.16. The first-order valence-corrected chi connectivity index (χ1v) is 9.04. The average Bonchev–Trinajstić information content (AvgIpc) is 3.38. The number of furan rings is 1. The van der Waals surface area contributed by atoms with E-state index in [1.54, 1.807) is 18.4 Å². The number of aliphatic imine (C=N–C) groups is 1. The van der Waals surface area contributed by atoms with Crippen molar-refractivity contribution in [2.45, 2.75) is 45.0 Å². The monoisotopic (exact) mass is 372 g/mol. The molecule has 27 heavy (non-hydrogen) atoms. The molecular weight excluding hydrogens is 348 g/mol. The lowest BCUT2D eigenvalue weighted by atomic mass is 10.1. The number of benzene rings is 1. The first-order valence-electron chi connectivity index (χ1n) is 9.04. The van der Waals surface area contributed by atoms with E-state index in [1.165, 1.54) is 12.1 Å². The van der Waals surface area contributed by atoms with Gasteiger partial charge in [-0.05, 0) is 37.5 Å². The lowest BCUT2D eigenvalue weighted by Gasteiger charge is -2.22. The summed E-state index contributed by atoms with van der Waals surface area (Å²) in [4.78, 5) is 15.0. The molecule has 1 fully saturated rings. The third-order valence-electron chi connectivity index (χ3n) is 4.46. The molecule has 0 bridgehead atoms. The number of nitro groups is 1. The summed E-state index contributed by atoms with van der Waals surface area (Å²) in [7, 11) is 0. The molecule has 1 saturated heterocycles. The summed E-state index contributed by atoms with van der Waals surface area (Å²) in [5.74, 6) is 1.46. The van der Waals surface area contributed by atoms with Crippen LogP contribution in [-0.4, -0.2) is 29.6 Å². The van der Waals surface area contributed by atoms with Gasteiger partial charge in [-0.3, -0.25) is 10.1 Å². The van der Waals surface area contributed by atoms with Crippen LogP contribution in [0.25, 0.3) is 0 Å². The Morgan fingerprint density at radius 1 is 1.37 bits per heavy atom. The Morgan fingerprint density at radius 3 is 2.81 bits per heavy atom. The van der Waals surface area contributed by atoms with E-state index >= 15 is 0 Å². The number of nitro benzene ring substituents is 1. The molecule has 3 rings (SSSR count). The predicted octanol–water partition coefficient (Wildman–Crippen LogP) is 2.99. The Morgan fingerprint density at radius 2 is 2.19 bits per heavy atom. The highest BCUT2D eigenvalue weighted by Gasteiger charge is 2.23. The van der Waals surface area contributed by atoms with Crippen LogP contribution in [0.5, 0.6) is 0 Å². The quantitative estimate of drug-likeness (QED) is 0.335. The minimum absolute atomic E-state index is 0.0732. The first kappa shape index (κ1) is 18.9. The van der Waals surface area contributed by atoms with Crippen LogP contribution >= 0.6 is 0 Å². The molecule has 144 valence electrons. The van der Waals surface area contributed by atoms with Crippen LogP contribution in [0.3, 0.4) is 0 Å². The standard InChI is InChI=1S/C19H24N4O4/c1-14(18-5-3-11-27-18)22-19(21-13-17-4-2-10-26-17)20-12-15-6-8-16(9-7-15)23(24)25/h2,4,6-10,14,18H,3,5,11-13H2,1H3,(H2,20,21,22). The van der Waals surface area contributed by atoms with Gasteiger partial charge >= 0.3 is 0 Å². The van der Waals surface area contributed by atoms with Gasteiger partial charge in [-0.25, -0.2) is 4.99 Å². The second kappa shape index (κ2) is 9.18. The van der Waals surface area contributed by atoms with E-state index in [2.05, 4.69) is 22.5 Å².